The van der Waals surface area contributed by atoms with E-state index in [1.165, 1.54) is 0 Å². The molecule has 8 heteroatoms. The Hall–Kier alpha value is -2.39. The number of nitrogens with two attached hydrogens (primary N) is 1. The number of aliphatic hydroxyl groups is 3. The maximum Gasteiger partial charge on any atom is 0.335 e. The van der Waals surface area contributed by atoms with Crippen LogP contribution >= 0.6 is 0 Å². The molecule has 2 aromatic rings. The van der Waals surface area contributed by atoms with Gasteiger partial charge >= 0.3 is 5.97 Å². The van der Waals surface area contributed by atoms with Gasteiger partial charge in [-0.15, -0.1) is 0 Å². The maximum absolute atomic E-state index is 11.1. The van der Waals surface area contributed by atoms with E-state index in [0.29, 0.717) is 11.4 Å². The van der Waals surface area contributed by atoms with Crippen molar-refractivity contribution in [1.29, 1.82) is 0 Å². The molecule has 1 heterocycles. The number of ether oxygens (including phenoxy) is 2. The number of hydrogen-bond donors (Lipinski definition) is 5. The SMILES string of the molecule is Nc1ccc2cc(OC3OC(C(=O)O)C(O)C(O)C3O)ccc2c1. The zero-order valence-corrected chi connectivity index (χ0v) is 12.4. The number of anilines is 1. The third-order valence-corrected chi connectivity index (χ3v) is 3.90. The normalized spacial score (nSPS) is 30.2. The smallest absolute Gasteiger partial charge is 0.335 e. The summed E-state index contributed by atoms with van der Waals surface area (Å²) < 4.78 is 10.5. The first-order chi connectivity index (χ1) is 11.4. The summed E-state index contributed by atoms with van der Waals surface area (Å²) in [5, 5.41) is 40.1. The van der Waals surface area contributed by atoms with E-state index < -0.39 is 36.7 Å². The summed E-state index contributed by atoms with van der Waals surface area (Å²) >= 11 is 0. The van der Waals surface area contributed by atoms with Crippen LogP contribution in [-0.2, 0) is 9.53 Å². The molecule has 0 saturated carbocycles. The Morgan fingerprint density at radius 3 is 2.38 bits per heavy atom. The van der Waals surface area contributed by atoms with Gasteiger partial charge in [0.05, 0.1) is 0 Å². The number of aliphatic hydroxyl groups excluding tert-OH is 3. The molecular formula is C16H17NO7. The van der Waals surface area contributed by atoms with Crippen molar-refractivity contribution < 1.29 is 34.7 Å². The molecular weight excluding hydrogens is 318 g/mol. The topological polar surface area (TPSA) is 142 Å². The number of hydrogen-bond acceptors (Lipinski definition) is 7. The quantitative estimate of drug-likeness (QED) is 0.481. The van der Waals surface area contributed by atoms with Gasteiger partial charge in [-0.1, -0.05) is 12.1 Å². The molecule has 6 N–H and O–H groups in total. The predicted octanol–water partition coefficient (Wildman–Crippen LogP) is -0.307. The number of rotatable bonds is 3. The zero-order chi connectivity index (χ0) is 17.4. The first kappa shape index (κ1) is 16.5. The minimum Gasteiger partial charge on any atom is -0.479 e. The summed E-state index contributed by atoms with van der Waals surface area (Å²) in [7, 11) is 0. The van der Waals surface area contributed by atoms with Crippen molar-refractivity contribution in [3.63, 3.8) is 0 Å². The highest BCUT2D eigenvalue weighted by Crippen LogP contribution is 2.27. The first-order valence-electron chi connectivity index (χ1n) is 7.25. The minimum atomic E-state index is -1.75. The molecule has 3 rings (SSSR count). The number of aliphatic carboxylic acids is 1. The zero-order valence-electron chi connectivity index (χ0n) is 12.4. The number of fused-ring (bicyclic) bond motifs is 1. The average molecular weight is 335 g/mol. The van der Waals surface area contributed by atoms with Crippen LogP contribution in [0.4, 0.5) is 5.69 Å². The molecule has 1 aliphatic rings. The summed E-state index contributed by atoms with van der Waals surface area (Å²) in [6, 6.07) is 10.3. The summed E-state index contributed by atoms with van der Waals surface area (Å²) in [4.78, 5) is 11.1. The Bertz CT molecular complexity index is 765. The Morgan fingerprint density at radius 2 is 1.67 bits per heavy atom. The van der Waals surface area contributed by atoms with E-state index in [1.54, 1.807) is 36.4 Å². The van der Waals surface area contributed by atoms with E-state index in [9.17, 15) is 20.1 Å². The molecule has 1 saturated heterocycles. The molecule has 2 aromatic carbocycles. The van der Waals surface area contributed by atoms with Gasteiger partial charge in [0.2, 0.25) is 6.29 Å². The Kier molecular flexibility index (Phi) is 4.29. The minimum absolute atomic E-state index is 0.309. The second-order valence-electron chi connectivity index (χ2n) is 5.62. The van der Waals surface area contributed by atoms with Gasteiger partial charge in [-0.25, -0.2) is 4.79 Å². The van der Waals surface area contributed by atoms with E-state index in [4.69, 9.17) is 20.3 Å². The summed E-state index contributed by atoms with van der Waals surface area (Å²) in [5.41, 5.74) is 6.32. The van der Waals surface area contributed by atoms with Crippen molar-refractivity contribution >= 4 is 22.4 Å². The van der Waals surface area contributed by atoms with E-state index in [-0.39, 0.29) is 0 Å². The highest BCUT2D eigenvalue weighted by atomic mass is 16.7. The van der Waals surface area contributed by atoms with Gasteiger partial charge in [-0.05, 0) is 35.0 Å². The second kappa shape index (κ2) is 6.25. The van der Waals surface area contributed by atoms with Crippen LogP contribution < -0.4 is 10.5 Å². The van der Waals surface area contributed by atoms with Crippen LogP contribution in [0.25, 0.3) is 10.8 Å². The number of nitrogen functional groups attached to an aromatic ring is 1. The molecule has 128 valence electrons. The third kappa shape index (κ3) is 3.00. The van der Waals surface area contributed by atoms with Crippen LogP contribution in [0.5, 0.6) is 5.75 Å². The Morgan fingerprint density at radius 1 is 1.00 bits per heavy atom. The van der Waals surface area contributed by atoms with Crippen molar-refractivity contribution in [3.8, 4) is 5.75 Å². The molecule has 0 spiro atoms. The van der Waals surface area contributed by atoms with Crippen LogP contribution in [0.2, 0.25) is 0 Å². The van der Waals surface area contributed by atoms with Crippen molar-refractivity contribution in [1.82, 2.24) is 0 Å². The molecule has 5 unspecified atom stereocenters. The van der Waals surface area contributed by atoms with E-state index in [1.807, 2.05) is 0 Å². The maximum atomic E-state index is 11.1. The van der Waals surface area contributed by atoms with Crippen molar-refractivity contribution in [2.75, 3.05) is 5.73 Å². The van der Waals surface area contributed by atoms with Gasteiger partial charge < -0.3 is 35.6 Å². The van der Waals surface area contributed by atoms with Crippen molar-refractivity contribution in [2.24, 2.45) is 0 Å². The average Bonchev–Trinajstić information content (AvgIpc) is 2.55. The molecule has 0 aromatic heterocycles. The molecule has 1 fully saturated rings. The molecule has 24 heavy (non-hydrogen) atoms. The number of carboxylic acids is 1. The highest BCUT2D eigenvalue weighted by molar-refractivity contribution is 5.86. The third-order valence-electron chi connectivity index (χ3n) is 3.90. The lowest BCUT2D eigenvalue weighted by atomic mass is 9.99. The first-order valence-corrected chi connectivity index (χ1v) is 7.25. The van der Waals surface area contributed by atoms with E-state index in [2.05, 4.69) is 0 Å². The predicted molar refractivity (Wildman–Crippen MR) is 83.3 cm³/mol. The standard InChI is InChI=1S/C16H17NO7/c17-9-3-1-8-6-10(4-2-7(8)5-9)23-16-13(20)11(18)12(19)14(24-16)15(21)22/h1-6,11-14,16,18-20H,17H2,(H,21,22). The highest BCUT2D eigenvalue weighted by Gasteiger charge is 2.48. The molecule has 5 atom stereocenters. The van der Waals surface area contributed by atoms with Crippen LogP contribution in [0.15, 0.2) is 36.4 Å². The molecule has 0 radical (unpaired) electrons. The lowest BCUT2D eigenvalue weighted by Crippen LogP contribution is -2.61. The number of carboxylic acid groups (broad SMARTS) is 1. The van der Waals surface area contributed by atoms with Gasteiger partial charge in [0.25, 0.3) is 0 Å². The Labute approximate surface area is 136 Å². The fourth-order valence-electron chi connectivity index (χ4n) is 2.60. The van der Waals surface area contributed by atoms with Gasteiger partial charge in [-0.2, -0.15) is 0 Å². The fraction of sp³-hybridized carbons (Fsp3) is 0.312. The van der Waals surface area contributed by atoms with Crippen LogP contribution in [0, 0.1) is 0 Å². The number of carbonyl (C=O) groups is 1. The molecule has 0 amide bonds. The summed E-state index contributed by atoms with van der Waals surface area (Å²) in [6.45, 7) is 0. The van der Waals surface area contributed by atoms with Gasteiger partial charge in [-0.3, -0.25) is 0 Å². The van der Waals surface area contributed by atoms with Crippen molar-refractivity contribution in [2.45, 2.75) is 30.7 Å². The Balaban J connectivity index is 1.83. The second-order valence-corrected chi connectivity index (χ2v) is 5.62. The monoisotopic (exact) mass is 335 g/mol. The molecule has 1 aliphatic heterocycles. The van der Waals surface area contributed by atoms with Gasteiger partial charge in [0, 0.05) is 5.69 Å². The van der Waals surface area contributed by atoms with Crippen LogP contribution in [-0.4, -0.2) is 57.1 Å². The van der Waals surface area contributed by atoms with Crippen LogP contribution in [0.3, 0.4) is 0 Å². The fourth-order valence-corrected chi connectivity index (χ4v) is 2.60. The summed E-state index contributed by atoms with van der Waals surface area (Å²) in [6.07, 6.45) is -8.19. The largest absolute Gasteiger partial charge is 0.479 e. The number of benzene rings is 2. The lowest BCUT2D eigenvalue weighted by molar-refractivity contribution is -0.271. The molecule has 8 nitrogen and oxygen atoms in total. The van der Waals surface area contributed by atoms with Crippen LogP contribution in [0.1, 0.15) is 0 Å². The van der Waals surface area contributed by atoms with E-state index in [0.717, 1.165) is 10.8 Å². The summed E-state index contributed by atoms with van der Waals surface area (Å²) in [5.74, 6) is -1.15. The molecule has 0 bridgehead atoms. The molecule has 0 aliphatic carbocycles. The lowest BCUT2D eigenvalue weighted by Gasteiger charge is -2.38. The van der Waals surface area contributed by atoms with Crippen molar-refractivity contribution in [3.05, 3.63) is 36.4 Å². The van der Waals surface area contributed by atoms with E-state index >= 15 is 0 Å². The van der Waals surface area contributed by atoms with Gasteiger partial charge in [0.1, 0.15) is 24.1 Å². The van der Waals surface area contributed by atoms with Gasteiger partial charge in [0.15, 0.2) is 6.10 Å².